The molecule has 1 aromatic heterocycles. The highest BCUT2D eigenvalue weighted by atomic mass is 32.2. The zero-order valence-corrected chi connectivity index (χ0v) is 13.6. The number of rotatable bonds is 5. The van der Waals surface area contributed by atoms with Gasteiger partial charge in [0, 0.05) is 32.2 Å². The first-order chi connectivity index (χ1) is 10.2. The lowest BCUT2D eigenvalue weighted by Gasteiger charge is -2.35. The number of carbonyl (C=O) groups is 1. The zero-order valence-electron chi connectivity index (χ0n) is 12.7. The fraction of sp³-hybridized carbons (Fsp3) is 0.786. The van der Waals surface area contributed by atoms with E-state index in [4.69, 9.17) is 0 Å². The van der Waals surface area contributed by atoms with Crippen molar-refractivity contribution in [2.45, 2.75) is 43.1 Å². The Bertz CT molecular complexity index is 493. The minimum absolute atomic E-state index is 0.0973. The third kappa shape index (κ3) is 3.40. The van der Waals surface area contributed by atoms with E-state index in [2.05, 4.69) is 26.6 Å². The minimum Gasteiger partial charge on any atom is -0.339 e. The third-order valence-corrected chi connectivity index (χ3v) is 5.30. The van der Waals surface area contributed by atoms with Gasteiger partial charge in [-0.3, -0.25) is 4.79 Å². The van der Waals surface area contributed by atoms with Gasteiger partial charge in [0.05, 0.1) is 5.25 Å². The Morgan fingerprint density at radius 1 is 1.38 bits per heavy atom. The fourth-order valence-electron chi connectivity index (χ4n) is 2.67. The molecule has 0 aromatic carbocycles. The third-order valence-electron chi connectivity index (χ3n) is 4.24. The number of hydrogen-bond acceptors (Lipinski definition) is 5. The van der Waals surface area contributed by atoms with E-state index >= 15 is 0 Å². The first-order valence-electron chi connectivity index (χ1n) is 7.76. The van der Waals surface area contributed by atoms with Crippen molar-refractivity contribution in [3.63, 3.8) is 0 Å². The SMILES string of the molecule is CCN1CCN(C(=O)C(C)Sc2nncn2C2CC2)CC1. The maximum atomic E-state index is 12.5. The number of thioether (sulfide) groups is 1. The lowest BCUT2D eigenvalue weighted by molar-refractivity contribution is -0.132. The molecule has 2 fully saturated rings. The summed E-state index contributed by atoms with van der Waals surface area (Å²) in [4.78, 5) is 16.9. The molecule has 21 heavy (non-hydrogen) atoms. The number of likely N-dealkylation sites (N-methyl/N-ethyl adjacent to an activating group) is 1. The lowest BCUT2D eigenvalue weighted by atomic mass is 10.3. The molecular formula is C14H23N5OS. The Morgan fingerprint density at radius 3 is 2.71 bits per heavy atom. The predicted octanol–water partition coefficient (Wildman–Crippen LogP) is 1.26. The maximum absolute atomic E-state index is 12.5. The average Bonchev–Trinajstić information content (AvgIpc) is 3.26. The topological polar surface area (TPSA) is 54.3 Å². The summed E-state index contributed by atoms with van der Waals surface area (Å²) in [5.41, 5.74) is 0. The number of piperazine rings is 1. The summed E-state index contributed by atoms with van der Waals surface area (Å²) in [5, 5.41) is 8.94. The lowest BCUT2D eigenvalue weighted by Crippen LogP contribution is -2.50. The normalized spacial score (nSPS) is 21.5. The van der Waals surface area contributed by atoms with E-state index in [1.807, 2.05) is 11.8 Å². The Kier molecular flexibility index (Phi) is 4.49. The Labute approximate surface area is 129 Å². The van der Waals surface area contributed by atoms with Crippen LogP contribution in [0.25, 0.3) is 0 Å². The molecule has 2 heterocycles. The quantitative estimate of drug-likeness (QED) is 0.767. The van der Waals surface area contributed by atoms with E-state index in [0.717, 1.165) is 37.9 Å². The van der Waals surface area contributed by atoms with Crippen molar-refractivity contribution < 1.29 is 4.79 Å². The smallest absolute Gasteiger partial charge is 0.235 e. The first-order valence-corrected chi connectivity index (χ1v) is 8.64. The monoisotopic (exact) mass is 309 g/mol. The Balaban J connectivity index is 1.56. The molecule has 116 valence electrons. The molecule has 2 aliphatic rings. The summed E-state index contributed by atoms with van der Waals surface area (Å²) in [6, 6.07) is 0.554. The van der Waals surface area contributed by atoms with Crippen LogP contribution in [0.3, 0.4) is 0 Å². The molecule has 0 spiro atoms. The molecule has 7 heteroatoms. The van der Waals surface area contributed by atoms with Gasteiger partial charge in [-0.1, -0.05) is 18.7 Å². The molecule has 1 saturated carbocycles. The van der Waals surface area contributed by atoms with E-state index in [1.54, 1.807) is 6.33 Å². The molecule has 3 rings (SSSR count). The van der Waals surface area contributed by atoms with Crippen molar-refractivity contribution in [1.29, 1.82) is 0 Å². The van der Waals surface area contributed by atoms with Crippen molar-refractivity contribution in [3.05, 3.63) is 6.33 Å². The summed E-state index contributed by atoms with van der Waals surface area (Å²) >= 11 is 1.54. The molecule has 0 radical (unpaired) electrons. The molecule has 1 amide bonds. The van der Waals surface area contributed by atoms with Crippen LogP contribution < -0.4 is 0 Å². The fourth-order valence-corrected chi connectivity index (χ4v) is 3.65. The van der Waals surface area contributed by atoms with Crippen LogP contribution in [0.2, 0.25) is 0 Å². The second-order valence-electron chi connectivity index (χ2n) is 5.77. The van der Waals surface area contributed by atoms with Gasteiger partial charge in [-0.15, -0.1) is 10.2 Å². The molecule has 1 aliphatic carbocycles. The van der Waals surface area contributed by atoms with Gasteiger partial charge in [0.2, 0.25) is 5.91 Å². The van der Waals surface area contributed by atoms with Crippen molar-refractivity contribution in [3.8, 4) is 0 Å². The highest BCUT2D eigenvalue weighted by Crippen LogP contribution is 2.38. The van der Waals surface area contributed by atoms with Crippen molar-refractivity contribution in [2.75, 3.05) is 32.7 Å². The van der Waals surface area contributed by atoms with Crippen LogP contribution in [0.4, 0.5) is 0 Å². The summed E-state index contributed by atoms with van der Waals surface area (Å²) in [7, 11) is 0. The Morgan fingerprint density at radius 2 is 2.10 bits per heavy atom. The zero-order chi connectivity index (χ0) is 14.8. The number of carbonyl (C=O) groups excluding carboxylic acids is 1. The molecule has 1 atom stereocenters. The summed E-state index contributed by atoms with van der Waals surface area (Å²) in [6.07, 6.45) is 4.19. The highest BCUT2D eigenvalue weighted by Gasteiger charge is 2.30. The van der Waals surface area contributed by atoms with Crippen LogP contribution in [0.5, 0.6) is 0 Å². The van der Waals surface area contributed by atoms with Gasteiger partial charge >= 0.3 is 0 Å². The minimum atomic E-state index is -0.0973. The molecular weight excluding hydrogens is 286 g/mol. The van der Waals surface area contributed by atoms with E-state index in [1.165, 1.54) is 24.6 Å². The number of amides is 1. The summed E-state index contributed by atoms with van der Waals surface area (Å²) in [6.45, 7) is 8.86. The molecule has 1 unspecified atom stereocenters. The highest BCUT2D eigenvalue weighted by molar-refractivity contribution is 8.00. The molecule has 1 saturated heterocycles. The number of nitrogens with zero attached hydrogens (tertiary/aromatic N) is 5. The molecule has 6 nitrogen and oxygen atoms in total. The van der Waals surface area contributed by atoms with Crippen LogP contribution in [-0.2, 0) is 4.79 Å². The van der Waals surface area contributed by atoms with Gasteiger partial charge in [-0.05, 0) is 26.3 Å². The van der Waals surface area contributed by atoms with Gasteiger partial charge in [0.1, 0.15) is 6.33 Å². The van der Waals surface area contributed by atoms with Gasteiger partial charge in [-0.25, -0.2) is 0 Å². The average molecular weight is 309 g/mol. The molecule has 1 aliphatic heterocycles. The van der Waals surface area contributed by atoms with Crippen molar-refractivity contribution in [2.24, 2.45) is 0 Å². The molecule has 0 bridgehead atoms. The first kappa shape index (κ1) is 14.8. The van der Waals surface area contributed by atoms with E-state index in [9.17, 15) is 4.79 Å². The van der Waals surface area contributed by atoms with Crippen LogP contribution in [0.1, 0.15) is 32.7 Å². The van der Waals surface area contributed by atoms with Crippen molar-refractivity contribution >= 4 is 17.7 Å². The van der Waals surface area contributed by atoms with Gasteiger partial charge in [0.25, 0.3) is 0 Å². The van der Waals surface area contributed by atoms with Crippen LogP contribution in [0.15, 0.2) is 11.5 Å². The predicted molar refractivity (Wildman–Crippen MR) is 82.3 cm³/mol. The molecule has 0 N–H and O–H groups in total. The number of hydrogen-bond donors (Lipinski definition) is 0. The van der Waals surface area contributed by atoms with E-state index < -0.39 is 0 Å². The van der Waals surface area contributed by atoms with Gasteiger partial charge in [0.15, 0.2) is 5.16 Å². The van der Waals surface area contributed by atoms with E-state index in [-0.39, 0.29) is 11.2 Å². The van der Waals surface area contributed by atoms with E-state index in [0.29, 0.717) is 6.04 Å². The summed E-state index contributed by atoms with van der Waals surface area (Å²) < 4.78 is 2.11. The Hall–Kier alpha value is -1.08. The standard InChI is InChI=1S/C14H23N5OS/c1-3-17-6-8-18(9-7-17)13(20)11(2)21-14-16-15-10-19(14)12-4-5-12/h10-12H,3-9H2,1-2H3. The van der Waals surface area contributed by atoms with Crippen molar-refractivity contribution in [1.82, 2.24) is 24.6 Å². The molecule has 1 aromatic rings. The largest absolute Gasteiger partial charge is 0.339 e. The second kappa shape index (κ2) is 6.36. The maximum Gasteiger partial charge on any atom is 0.235 e. The van der Waals surface area contributed by atoms with Gasteiger partial charge < -0.3 is 14.4 Å². The van der Waals surface area contributed by atoms with Crippen LogP contribution >= 0.6 is 11.8 Å². The van der Waals surface area contributed by atoms with Crippen LogP contribution in [-0.4, -0.2) is 68.4 Å². The second-order valence-corrected chi connectivity index (χ2v) is 7.08. The van der Waals surface area contributed by atoms with Crippen LogP contribution in [0, 0.1) is 0 Å². The number of aromatic nitrogens is 3. The summed E-state index contributed by atoms with van der Waals surface area (Å²) in [5.74, 6) is 0.223. The van der Waals surface area contributed by atoms with Gasteiger partial charge in [-0.2, -0.15) is 0 Å².